The zero-order valence-electron chi connectivity index (χ0n) is 24.9. The van der Waals surface area contributed by atoms with E-state index in [-0.39, 0.29) is 17.7 Å². The fourth-order valence-corrected chi connectivity index (χ4v) is 4.20. The number of nitrogens with zero attached hydrogens (tertiary/aromatic N) is 1. The van der Waals surface area contributed by atoms with Gasteiger partial charge < -0.3 is 20.3 Å². The van der Waals surface area contributed by atoms with E-state index in [0.717, 1.165) is 36.8 Å². The van der Waals surface area contributed by atoms with E-state index < -0.39 is 29.3 Å². The lowest BCUT2D eigenvalue weighted by Crippen LogP contribution is -2.55. The molecule has 7 nitrogen and oxygen atoms in total. The molecule has 0 saturated carbocycles. The zero-order valence-corrected chi connectivity index (χ0v) is 24.9. The second kappa shape index (κ2) is 14.4. The Morgan fingerprint density at radius 2 is 1.59 bits per heavy atom. The SMILES string of the molecule is CCCCCCN(C(=O)C(CC(C)C)NC(=O)OC(C)(C)C)C(C(=O)NC(C)(C)C)c1ccccc1C. The Kier molecular flexibility index (Phi) is 12.6. The highest BCUT2D eigenvalue weighted by molar-refractivity contribution is 5.92. The molecule has 2 N–H and O–H groups in total. The van der Waals surface area contributed by atoms with Gasteiger partial charge in [-0.3, -0.25) is 9.59 Å². The highest BCUT2D eigenvalue weighted by atomic mass is 16.6. The molecule has 0 aliphatic heterocycles. The van der Waals surface area contributed by atoms with E-state index in [4.69, 9.17) is 4.74 Å². The first-order valence-electron chi connectivity index (χ1n) is 13.7. The number of alkyl carbamates (subject to hydrolysis) is 1. The molecule has 1 aromatic rings. The van der Waals surface area contributed by atoms with Crippen LogP contribution in [0.3, 0.4) is 0 Å². The van der Waals surface area contributed by atoms with Crippen molar-refractivity contribution in [3.05, 3.63) is 35.4 Å². The molecule has 0 bridgehead atoms. The van der Waals surface area contributed by atoms with Crippen molar-refractivity contribution >= 4 is 17.9 Å². The monoisotopic (exact) mass is 517 g/mol. The van der Waals surface area contributed by atoms with Gasteiger partial charge in [0.25, 0.3) is 0 Å². The Morgan fingerprint density at radius 3 is 2.11 bits per heavy atom. The van der Waals surface area contributed by atoms with Gasteiger partial charge in [-0.25, -0.2) is 4.79 Å². The summed E-state index contributed by atoms with van der Waals surface area (Å²) in [6.45, 7) is 19.7. The molecule has 2 unspecified atom stereocenters. The second-order valence-corrected chi connectivity index (χ2v) is 12.4. The van der Waals surface area contributed by atoms with Gasteiger partial charge in [0.1, 0.15) is 17.7 Å². The van der Waals surface area contributed by atoms with E-state index in [1.54, 1.807) is 25.7 Å². The fraction of sp³-hybridized carbons (Fsp3) is 0.700. The molecule has 210 valence electrons. The van der Waals surface area contributed by atoms with Gasteiger partial charge in [-0.15, -0.1) is 0 Å². The summed E-state index contributed by atoms with van der Waals surface area (Å²) in [6, 6.07) is 6.06. The largest absolute Gasteiger partial charge is 0.444 e. The molecule has 0 fully saturated rings. The van der Waals surface area contributed by atoms with Crippen molar-refractivity contribution in [1.29, 1.82) is 0 Å². The predicted molar refractivity (Wildman–Crippen MR) is 150 cm³/mol. The zero-order chi connectivity index (χ0) is 28.4. The number of benzene rings is 1. The summed E-state index contributed by atoms with van der Waals surface area (Å²) < 4.78 is 5.47. The molecule has 0 aromatic heterocycles. The van der Waals surface area contributed by atoms with Crippen molar-refractivity contribution in [1.82, 2.24) is 15.5 Å². The Morgan fingerprint density at radius 1 is 0.973 bits per heavy atom. The van der Waals surface area contributed by atoms with E-state index in [9.17, 15) is 14.4 Å². The van der Waals surface area contributed by atoms with Gasteiger partial charge in [-0.1, -0.05) is 64.3 Å². The smallest absolute Gasteiger partial charge is 0.408 e. The number of hydrogen-bond donors (Lipinski definition) is 2. The molecule has 1 rings (SSSR count). The molecule has 2 atom stereocenters. The van der Waals surface area contributed by atoms with E-state index in [2.05, 4.69) is 17.6 Å². The van der Waals surface area contributed by atoms with Crippen LogP contribution in [0.4, 0.5) is 4.79 Å². The van der Waals surface area contributed by atoms with Crippen molar-refractivity contribution in [2.75, 3.05) is 6.54 Å². The average Bonchev–Trinajstić information content (AvgIpc) is 2.73. The molecule has 1 aromatic carbocycles. The van der Waals surface area contributed by atoms with Crippen LogP contribution >= 0.6 is 0 Å². The summed E-state index contributed by atoms with van der Waals surface area (Å²) in [5, 5.41) is 5.90. The molecule has 7 heteroatoms. The molecule has 0 spiro atoms. The van der Waals surface area contributed by atoms with Crippen molar-refractivity contribution < 1.29 is 19.1 Å². The number of carbonyl (C=O) groups excluding carboxylic acids is 3. The number of nitrogens with one attached hydrogen (secondary N) is 2. The summed E-state index contributed by atoms with van der Waals surface area (Å²) in [5.41, 5.74) is 0.559. The van der Waals surface area contributed by atoms with Gasteiger partial charge in [-0.2, -0.15) is 0 Å². The maximum absolute atomic E-state index is 14.2. The van der Waals surface area contributed by atoms with Gasteiger partial charge >= 0.3 is 6.09 Å². The molecular weight excluding hydrogens is 466 g/mol. The van der Waals surface area contributed by atoms with Gasteiger partial charge in [-0.05, 0) is 78.4 Å². The Balaban J connectivity index is 3.53. The molecular formula is C30H51N3O4. The van der Waals surface area contributed by atoms with Crippen LogP contribution < -0.4 is 10.6 Å². The van der Waals surface area contributed by atoms with Crippen LogP contribution in [0.2, 0.25) is 0 Å². The lowest BCUT2D eigenvalue weighted by atomic mass is 9.95. The highest BCUT2D eigenvalue weighted by Crippen LogP contribution is 2.28. The quantitative estimate of drug-likeness (QED) is 0.319. The topological polar surface area (TPSA) is 87.7 Å². The molecule has 0 aliphatic rings. The third-order valence-corrected chi connectivity index (χ3v) is 5.77. The number of hydrogen-bond acceptors (Lipinski definition) is 4. The van der Waals surface area contributed by atoms with Crippen LogP contribution in [0, 0.1) is 12.8 Å². The van der Waals surface area contributed by atoms with Gasteiger partial charge in [0.05, 0.1) is 0 Å². The number of amides is 3. The Bertz CT molecular complexity index is 884. The van der Waals surface area contributed by atoms with Crippen molar-refractivity contribution in [3.8, 4) is 0 Å². The normalized spacial score (nSPS) is 13.6. The maximum Gasteiger partial charge on any atom is 0.408 e. The first-order valence-corrected chi connectivity index (χ1v) is 13.7. The highest BCUT2D eigenvalue weighted by Gasteiger charge is 2.37. The van der Waals surface area contributed by atoms with Gasteiger partial charge in [0.15, 0.2) is 0 Å². The molecule has 0 saturated heterocycles. The molecule has 3 amide bonds. The van der Waals surface area contributed by atoms with Crippen LogP contribution in [0.1, 0.15) is 112 Å². The Hall–Kier alpha value is -2.57. The standard InChI is InChI=1S/C30H51N3O4/c1-11-12-13-16-19-33(27(35)24(20-21(2)3)31-28(36)37-30(8,9)10)25(26(34)32-29(5,6)7)23-18-15-14-17-22(23)4/h14-15,17-18,21,24-25H,11-13,16,19-20H2,1-10H3,(H,31,36)(H,32,34). The second-order valence-electron chi connectivity index (χ2n) is 12.4. The average molecular weight is 518 g/mol. The van der Waals surface area contributed by atoms with E-state index in [1.165, 1.54) is 0 Å². The minimum absolute atomic E-state index is 0.145. The lowest BCUT2D eigenvalue weighted by molar-refractivity contribution is -0.143. The molecule has 0 radical (unpaired) electrons. The number of aryl methyl sites for hydroxylation is 1. The van der Waals surface area contributed by atoms with Crippen LogP contribution in [-0.2, 0) is 14.3 Å². The number of unbranched alkanes of at least 4 members (excludes halogenated alkanes) is 3. The Labute approximate surface area is 225 Å². The fourth-order valence-electron chi connectivity index (χ4n) is 4.20. The van der Waals surface area contributed by atoms with Gasteiger partial charge in [0.2, 0.25) is 11.8 Å². The summed E-state index contributed by atoms with van der Waals surface area (Å²) in [5.74, 6) is -0.356. The van der Waals surface area contributed by atoms with Gasteiger partial charge in [0, 0.05) is 12.1 Å². The number of carbonyl (C=O) groups is 3. The van der Waals surface area contributed by atoms with Crippen molar-refractivity contribution in [2.45, 2.75) is 125 Å². The van der Waals surface area contributed by atoms with Crippen LogP contribution in [-0.4, -0.2) is 46.5 Å². The van der Waals surface area contributed by atoms with E-state index in [1.807, 2.05) is 65.8 Å². The number of rotatable bonds is 12. The summed E-state index contributed by atoms with van der Waals surface area (Å²) >= 11 is 0. The minimum atomic E-state index is -0.815. The van der Waals surface area contributed by atoms with Crippen LogP contribution in [0.15, 0.2) is 24.3 Å². The van der Waals surface area contributed by atoms with Crippen LogP contribution in [0.25, 0.3) is 0 Å². The first kappa shape index (κ1) is 32.5. The third kappa shape index (κ3) is 12.0. The predicted octanol–water partition coefficient (Wildman–Crippen LogP) is 6.30. The third-order valence-electron chi connectivity index (χ3n) is 5.77. The summed E-state index contributed by atoms with van der Waals surface area (Å²) in [6.07, 6.45) is 3.64. The van der Waals surface area contributed by atoms with Crippen molar-refractivity contribution in [2.24, 2.45) is 5.92 Å². The van der Waals surface area contributed by atoms with E-state index >= 15 is 0 Å². The summed E-state index contributed by atoms with van der Waals surface area (Å²) in [7, 11) is 0. The molecule has 37 heavy (non-hydrogen) atoms. The molecule has 0 heterocycles. The molecule has 0 aliphatic carbocycles. The summed E-state index contributed by atoms with van der Waals surface area (Å²) in [4.78, 5) is 42.4. The minimum Gasteiger partial charge on any atom is -0.444 e. The van der Waals surface area contributed by atoms with Crippen molar-refractivity contribution in [3.63, 3.8) is 0 Å². The first-order chi connectivity index (χ1) is 17.1. The maximum atomic E-state index is 14.2. The number of ether oxygens (including phenoxy) is 1. The lowest BCUT2D eigenvalue weighted by Gasteiger charge is -2.37. The van der Waals surface area contributed by atoms with Crippen LogP contribution in [0.5, 0.6) is 0 Å². The van der Waals surface area contributed by atoms with E-state index in [0.29, 0.717) is 13.0 Å².